The van der Waals surface area contributed by atoms with Gasteiger partial charge >= 0.3 is 24.2 Å². The van der Waals surface area contributed by atoms with Crippen LogP contribution >= 0.6 is 44.3 Å². The molecule has 0 aliphatic rings. The second kappa shape index (κ2) is 11.0. The van der Waals surface area contributed by atoms with Crippen LogP contribution in [-0.4, -0.2) is 5.31 Å². The Morgan fingerprint density at radius 1 is 1.20 bits per heavy atom. The topological polar surface area (TPSA) is 0 Å². The van der Waals surface area contributed by atoms with Gasteiger partial charge in [-0.3, -0.25) is 0 Å². The summed E-state index contributed by atoms with van der Waals surface area (Å²) in [5.74, 6) is 0. The van der Waals surface area contributed by atoms with Crippen LogP contribution in [0.3, 0.4) is 0 Å². The molecule has 0 aromatic rings. The summed E-state index contributed by atoms with van der Waals surface area (Å²) in [6, 6.07) is 0. The number of halogens is 4. The molecule has 0 spiro atoms. The van der Waals surface area contributed by atoms with Crippen LogP contribution < -0.4 is 18.9 Å². The molecule has 0 rings (SSSR count). The number of rotatable bonds is 1. The van der Waals surface area contributed by atoms with Gasteiger partial charge in [0.25, 0.3) is 0 Å². The van der Waals surface area contributed by atoms with Crippen LogP contribution in [0.2, 0.25) is 0 Å². The first-order valence-corrected chi connectivity index (χ1v) is 8.51. The first kappa shape index (κ1) is 17.9. The van der Waals surface area contributed by atoms with E-state index in [1.54, 1.807) is 0 Å². The third-order valence-corrected chi connectivity index (χ3v) is 0.354. The van der Waals surface area contributed by atoms with Crippen molar-refractivity contribution in [1.29, 1.82) is 0 Å². The van der Waals surface area contributed by atoms with Crippen molar-refractivity contribution in [1.82, 2.24) is 0 Å². The fourth-order valence-corrected chi connectivity index (χ4v) is 0. The van der Waals surface area contributed by atoms with Gasteiger partial charge in [-0.2, -0.15) is 6.42 Å². The summed E-state index contributed by atoms with van der Waals surface area (Å²) >= 11 is 19.9. The molecule has 58 valence electrons. The van der Waals surface area contributed by atoms with Crippen molar-refractivity contribution in [2.75, 3.05) is 0 Å². The van der Waals surface area contributed by atoms with E-state index in [0.29, 0.717) is 0 Å². The minimum Gasteiger partial charge on any atom is -0.343 e. The van der Waals surface area contributed by atoms with Crippen molar-refractivity contribution in [2.24, 2.45) is 0 Å². The molecule has 0 fully saturated rings. The Morgan fingerprint density at radius 2 is 1.30 bits per heavy atom. The average Bonchev–Trinajstić information content (AvgIpc) is 1.61. The summed E-state index contributed by atoms with van der Waals surface area (Å²) in [6.07, 6.45) is 2.28. The first-order chi connectivity index (χ1) is 3.91. The number of unbranched alkanes of at least 4 members (excludes halogenated alkanes) is 1. The molecule has 0 amide bonds. The zero-order chi connectivity index (χ0) is 7.91. The smallest absolute Gasteiger partial charge is 0.343 e. The Kier molecular flexibility index (Phi) is 19.7. The van der Waals surface area contributed by atoms with E-state index in [9.17, 15) is 0 Å². The van der Waals surface area contributed by atoms with Gasteiger partial charge in [-0.15, -0.1) is 44.3 Å². The minimum atomic E-state index is -2.72. The maximum absolute atomic E-state index is 4.97. The van der Waals surface area contributed by atoms with Gasteiger partial charge in [-0.25, -0.2) is 0 Å². The number of hydrogen-bond donors (Lipinski definition) is 0. The van der Waals surface area contributed by atoms with E-state index < -0.39 is 5.31 Å². The Bertz CT molecular complexity index is 47.7. The van der Waals surface area contributed by atoms with Gasteiger partial charge in [-0.05, 0) is 0 Å². The zero-order valence-electron chi connectivity index (χ0n) is 6.13. The molecular formula is C4H9Cl4LiSi. The second-order valence-electron chi connectivity index (χ2n) is 1.28. The minimum absolute atomic E-state index is 0. The monoisotopic (exact) mass is 232 g/mol. The predicted molar refractivity (Wildman–Crippen MR) is 49.4 cm³/mol. The van der Waals surface area contributed by atoms with E-state index in [0.717, 1.165) is 6.42 Å². The van der Waals surface area contributed by atoms with Crippen LogP contribution in [0.1, 0.15) is 19.8 Å². The summed E-state index contributed by atoms with van der Waals surface area (Å²) < 4.78 is 0. The molecule has 0 aliphatic heterocycles. The van der Waals surface area contributed by atoms with E-state index in [4.69, 9.17) is 44.3 Å². The van der Waals surface area contributed by atoms with Crippen molar-refractivity contribution >= 4 is 49.6 Å². The standard InChI is InChI=1S/C4H9.Cl4Si.Li/c1-3-4-2;1-5(2,3)4;/h1,3-4H2,2H3;;/q-1;;+1. The van der Waals surface area contributed by atoms with E-state index >= 15 is 0 Å². The normalized spacial score (nSPS) is 9.00. The molecule has 0 unspecified atom stereocenters. The van der Waals surface area contributed by atoms with Crippen LogP contribution in [0.25, 0.3) is 0 Å². The molecule has 0 aliphatic carbocycles. The van der Waals surface area contributed by atoms with Gasteiger partial charge < -0.3 is 6.92 Å². The Hall–Kier alpha value is 1.97. The van der Waals surface area contributed by atoms with Gasteiger partial charge in [0.2, 0.25) is 0 Å². The van der Waals surface area contributed by atoms with Gasteiger partial charge in [0.05, 0.1) is 0 Å². The molecule has 0 bridgehead atoms. The van der Waals surface area contributed by atoms with Gasteiger partial charge in [-0.1, -0.05) is 13.3 Å². The Labute approximate surface area is 94.6 Å². The fourth-order valence-electron chi connectivity index (χ4n) is 0. The Balaban J connectivity index is -0.0000000910. The molecule has 0 N–H and O–H groups in total. The summed E-state index contributed by atoms with van der Waals surface area (Å²) in [7, 11) is 0. The predicted octanol–water partition coefficient (Wildman–Crippen LogP) is 1.00. The molecule has 0 saturated carbocycles. The first-order valence-electron chi connectivity index (χ1n) is 2.46. The Morgan fingerprint density at radius 3 is 1.30 bits per heavy atom. The molecule has 0 aromatic heterocycles. The molecule has 0 radical (unpaired) electrons. The van der Waals surface area contributed by atoms with Crippen LogP contribution in [0.5, 0.6) is 0 Å². The van der Waals surface area contributed by atoms with E-state index in [1.165, 1.54) is 6.42 Å². The third kappa shape index (κ3) is 90.8. The molecule has 0 atom stereocenters. The van der Waals surface area contributed by atoms with Crippen molar-refractivity contribution in [2.45, 2.75) is 19.8 Å². The van der Waals surface area contributed by atoms with Crippen molar-refractivity contribution in [3.05, 3.63) is 6.92 Å². The van der Waals surface area contributed by atoms with Gasteiger partial charge in [0.1, 0.15) is 0 Å². The van der Waals surface area contributed by atoms with Crippen LogP contribution in [-0.2, 0) is 0 Å². The van der Waals surface area contributed by atoms with Gasteiger partial charge in [0, 0.05) is 0 Å². The van der Waals surface area contributed by atoms with Crippen molar-refractivity contribution < 1.29 is 18.9 Å². The molecular weight excluding hydrogens is 225 g/mol. The zero-order valence-corrected chi connectivity index (χ0v) is 10.2. The van der Waals surface area contributed by atoms with Gasteiger partial charge in [0.15, 0.2) is 0 Å². The fraction of sp³-hybridized carbons (Fsp3) is 0.750. The molecule has 6 heteroatoms. The van der Waals surface area contributed by atoms with Crippen LogP contribution in [0, 0.1) is 6.92 Å². The summed E-state index contributed by atoms with van der Waals surface area (Å²) in [5, 5.41) is -2.72. The van der Waals surface area contributed by atoms with Crippen LogP contribution in [0.15, 0.2) is 0 Å². The summed E-state index contributed by atoms with van der Waals surface area (Å²) in [5.41, 5.74) is 0. The third-order valence-electron chi connectivity index (χ3n) is 0.354. The molecule has 0 nitrogen and oxygen atoms in total. The van der Waals surface area contributed by atoms with E-state index in [2.05, 4.69) is 13.8 Å². The second-order valence-corrected chi connectivity index (χ2v) is 12.4. The molecule has 0 heterocycles. The molecule has 10 heavy (non-hydrogen) atoms. The molecule has 0 aromatic carbocycles. The average molecular weight is 234 g/mol. The molecule has 0 saturated heterocycles. The SMILES string of the molecule is Cl[Si](Cl)(Cl)Cl.[CH2-]CCC.[Li+]. The van der Waals surface area contributed by atoms with E-state index in [1.807, 2.05) is 0 Å². The maximum atomic E-state index is 4.97. The van der Waals surface area contributed by atoms with Crippen molar-refractivity contribution in [3.63, 3.8) is 0 Å². The van der Waals surface area contributed by atoms with E-state index in [-0.39, 0.29) is 18.9 Å². The maximum Gasteiger partial charge on any atom is 1.00 e. The number of hydrogen-bond acceptors (Lipinski definition) is 0. The summed E-state index contributed by atoms with van der Waals surface area (Å²) in [6.45, 7) is 5.72. The quantitative estimate of drug-likeness (QED) is 0.360. The summed E-state index contributed by atoms with van der Waals surface area (Å²) in [4.78, 5) is 0. The van der Waals surface area contributed by atoms with Crippen molar-refractivity contribution in [3.8, 4) is 0 Å². The van der Waals surface area contributed by atoms with Crippen LogP contribution in [0.4, 0.5) is 0 Å². The largest absolute Gasteiger partial charge is 1.00 e.